The van der Waals surface area contributed by atoms with E-state index in [1.807, 2.05) is 41.3 Å². The van der Waals surface area contributed by atoms with Gasteiger partial charge in [0, 0.05) is 18.0 Å². The van der Waals surface area contributed by atoms with Crippen LogP contribution in [0.3, 0.4) is 0 Å². The van der Waals surface area contributed by atoms with E-state index in [4.69, 9.17) is 11.6 Å². The molecule has 1 amide bonds. The minimum atomic E-state index is 0.0770. The average Bonchev–Trinajstić information content (AvgIpc) is 2.90. The van der Waals surface area contributed by atoms with Gasteiger partial charge in [0.05, 0.1) is 5.56 Å². The first-order valence-electron chi connectivity index (χ1n) is 6.90. The number of halogens is 1. The van der Waals surface area contributed by atoms with Gasteiger partial charge >= 0.3 is 0 Å². The summed E-state index contributed by atoms with van der Waals surface area (Å²) in [5, 5.41) is 0. The van der Waals surface area contributed by atoms with Crippen molar-refractivity contribution < 1.29 is 4.79 Å². The molecule has 2 nitrogen and oxygen atoms in total. The Morgan fingerprint density at radius 2 is 1.80 bits per heavy atom. The molecular weight excluding hydrogens is 290 g/mol. The summed E-state index contributed by atoms with van der Waals surface area (Å²) < 4.78 is 0.597. The topological polar surface area (TPSA) is 20.3 Å². The maximum atomic E-state index is 12.5. The van der Waals surface area contributed by atoms with Gasteiger partial charge in [-0.3, -0.25) is 4.79 Å². The third-order valence-corrected chi connectivity index (χ3v) is 5.03. The lowest BCUT2D eigenvalue weighted by molar-refractivity contribution is 0.0725. The SMILES string of the molecule is O=C(c1cc(-c2ccccc2)sc1Cl)N1CCCCC1. The smallest absolute Gasteiger partial charge is 0.256 e. The Bertz CT molecular complexity index is 602. The summed E-state index contributed by atoms with van der Waals surface area (Å²) in [7, 11) is 0. The first-order valence-corrected chi connectivity index (χ1v) is 8.09. The van der Waals surface area contributed by atoms with Crippen LogP contribution in [0.15, 0.2) is 36.4 Å². The predicted octanol–water partition coefficient (Wildman–Crippen LogP) is 4.69. The van der Waals surface area contributed by atoms with Crippen LogP contribution >= 0.6 is 22.9 Å². The van der Waals surface area contributed by atoms with Crippen molar-refractivity contribution in [2.24, 2.45) is 0 Å². The van der Waals surface area contributed by atoms with Crippen LogP contribution in [-0.4, -0.2) is 23.9 Å². The van der Waals surface area contributed by atoms with Crippen LogP contribution in [-0.2, 0) is 0 Å². The molecule has 1 fully saturated rings. The molecule has 0 bridgehead atoms. The molecule has 2 heterocycles. The Hall–Kier alpha value is -1.32. The van der Waals surface area contributed by atoms with Crippen LogP contribution in [0.2, 0.25) is 4.34 Å². The molecule has 0 aliphatic carbocycles. The number of benzene rings is 1. The maximum Gasteiger partial charge on any atom is 0.256 e. The van der Waals surface area contributed by atoms with Crippen molar-refractivity contribution in [3.63, 3.8) is 0 Å². The number of nitrogens with zero attached hydrogens (tertiary/aromatic N) is 1. The first kappa shape index (κ1) is 13.7. The molecular formula is C16H16ClNOS. The Kier molecular flexibility index (Phi) is 4.08. The molecule has 1 aromatic carbocycles. The number of thiophene rings is 1. The quantitative estimate of drug-likeness (QED) is 0.788. The molecule has 1 aromatic heterocycles. The summed E-state index contributed by atoms with van der Waals surface area (Å²) in [6.45, 7) is 1.71. The summed E-state index contributed by atoms with van der Waals surface area (Å²) in [6, 6.07) is 12.0. The number of carbonyl (C=O) groups excluding carboxylic acids is 1. The molecule has 2 aromatic rings. The second-order valence-corrected chi connectivity index (χ2v) is 6.67. The third-order valence-electron chi connectivity index (χ3n) is 3.62. The van der Waals surface area contributed by atoms with Crippen LogP contribution < -0.4 is 0 Å². The molecule has 1 aliphatic heterocycles. The van der Waals surface area contributed by atoms with Gasteiger partial charge in [0.2, 0.25) is 0 Å². The molecule has 0 unspecified atom stereocenters. The number of rotatable bonds is 2. The lowest BCUT2D eigenvalue weighted by Gasteiger charge is -2.26. The second kappa shape index (κ2) is 5.98. The van der Waals surface area contributed by atoms with Crippen molar-refractivity contribution in [1.29, 1.82) is 0 Å². The van der Waals surface area contributed by atoms with E-state index < -0.39 is 0 Å². The van der Waals surface area contributed by atoms with E-state index in [2.05, 4.69) is 0 Å². The minimum Gasteiger partial charge on any atom is -0.339 e. The maximum absolute atomic E-state index is 12.5. The van der Waals surface area contributed by atoms with E-state index in [1.165, 1.54) is 17.8 Å². The number of carbonyl (C=O) groups is 1. The van der Waals surface area contributed by atoms with E-state index in [0.29, 0.717) is 9.90 Å². The van der Waals surface area contributed by atoms with Crippen LogP contribution in [0.25, 0.3) is 10.4 Å². The van der Waals surface area contributed by atoms with Gasteiger partial charge in [-0.25, -0.2) is 0 Å². The number of hydrogen-bond acceptors (Lipinski definition) is 2. The molecule has 4 heteroatoms. The van der Waals surface area contributed by atoms with E-state index in [1.54, 1.807) is 0 Å². The van der Waals surface area contributed by atoms with Crippen LogP contribution in [0, 0.1) is 0 Å². The Morgan fingerprint density at radius 1 is 1.10 bits per heavy atom. The fraction of sp³-hybridized carbons (Fsp3) is 0.312. The highest BCUT2D eigenvalue weighted by atomic mass is 35.5. The van der Waals surface area contributed by atoms with Crippen LogP contribution in [0.4, 0.5) is 0 Å². The highest BCUT2D eigenvalue weighted by Gasteiger charge is 2.22. The minimum absolute atomic E-state index is 0.0770. The number of likely N-dealkylation sites (tertiary alicyclic amines) is 1. The van der Waals surface area contributed by atoms with Crippen molar-refractivity contribution in [1.82, 2.24) is 4.90 Å². The van der Waals surface area contributed by atoms with Gasteiger partial charge in [-0.2, -0.15) is 0 Å². The van der Waals surface area contributed by atoms with Gasteiger partial charge in [-0.15, -0.1) is 11.3 Å². The number of piperidine rings is 1. The number of hydrogen-bond donors (Lipinski definition) is 0. The zero-order valence-electron chi connectivity index (χ0n) is 11.1. The fourth-order valence-corrected chi connectivity index (χ4v) is 3.79. The Labute approximate surface area is 128 Å². The molecule has 0 N–H and O–H groups in total. The Balaban J connectivity index is 1.87. The zero-order chi connectivity index (χ0) is 13.9. The largest absolute Gasteiger partial charge is 0.339 e. The van der Waals surface area contributed by atoms with Crippen molar-refractivity contribution in [3.05, 3.63) is 46.3 Å². The molecule has 1 saturated heterocycles. The molecule has 104 valence electrons. The molecule has 0 saturated carbocycles. The van der Waals surface area contributed by atoms with Crippen molar-refractivity contribution in [2.45, 2.75) is 19.3 Å². The van der Waals surface area contributed by atoms with Gasteiger partial charge in [-0.1, -0.05) is 41.9 Å². The van der Waals surface area contributed by atoms with E-state index in [-0.39, 0.29) is 5.91 Å². The summed E-state index contributed by atoms with van der Waals surface area (Å²) in [5.74, 6) is 0.0770. The monoisotopic (exact) mass is 305 g/mol. The van der Waals surface area contributed by atoms with E-state index >= 15 is 0 Å². The van der Waals surface area contributed by atoms with Gasteiger partial charge < -0.3 is 4.90 Å². The summed E-state index contributed by atoms with van der Waals surface area (Å²) >= 11 is 7.76. The van der Waals surface area contributed by atoms with Crippen LogP contribution in [0.1, 0.15) is 29.6 Å². The van der Waals surface area contributed by atoms with Gasteiger partial charge in [0.1, 0.15) is 4.34 Å². The molecule has 20 heavy (non-hydrogen) atoms. The highest BCUT2D eigenvalue weighted by Crippen LogP contribution is 2.35. The molecule has 3 rings (SSSR count). The molecule has 0 radical (unpaired) electrons. The molecule has 0 spiro atoms. The highest BCUT2D eigenvalue weighted by molar-refractivity contribution is 7.19. The van der Waals surface area contributed by atoms with E-state index in [0.717, 1.165) is 36.4 Å². The van der Waals surface area contributed by atoms with Gasteiger partial charge in [0.15, 0.2) is 0 Å². The number of amides is 1. The third kappa shape index (κ3) is 2.74. The Morgan fingerprint density at radius 3 is 2.50 bits per heavy atom. The molecule has 1 aliphatic rings. The van der Waals surface area contributed by atoms with Crippen LogP contribution in [0.5, 0.6) is 0 Å². The summed E-state index contributed by atoms with van der Waals surface area (Å²) in [5.41, 5.74) is 1.76. The van der Waals surface area contributed by atoms with Crippen molar-refractivity contribution in [2.75, 3.05) is 13.1 Å². The summed E-state index contributed by atoms with van der Waals surface area (Å²) in [6.07, 6.45) is 3.41. The average molecular weight is 306 g/mol. The second-order valence-electron chi connectivity index (χ2n) is 5.02. The van der Waals surface area contributed by atoms with Gasteiger partial charge in [0.25, 0.3) is 5.91 Å². The fourth-order valence-electron chi connectivity index (χ4n) is 2.53. The van der Waals surface area contributed by atoms with E-state index in [9.17, 15) is 4.79 Å². The standard InChI is InChI=1S/C16H16ClNOS/c17-15-13(16(19)18-9-5-2-6-10-18)11-14(20-15)12-7-3-1-4-8-12/h1,3-4,7-8,11H,2,5-6,9-10H2. The normalized spacial score (nSPS) is 15.3. The first-order chi connectivity index (χ1) is 9.75. The predicted molar refractivity (Wildman–Crippen MR) is 84.5 cm³/mol. The van der Waals surface area contributed by atoms with Crippen molar-refractivity contribution >= 4 is 28.8 Å². The van der Waals surface area contributed by atoms with Gasteiger partial charge in [-0.05, 0) is 30.9 Å². The van der Waals surface area contributed by atoms with Crippen molar-refractivity contribution in [3.8, 4) is 10.4 Å². The molecule has 0 atom stereocenters. The lowest BCUT2D eigenvalue weighted by Crippen LogP contribution is -2.35. The zero-order valence-corrected chi connectivity index (χ0v) is 12.7. The summed E-state index contributed by atoms with van der Waals surface area (Å²) in [4.78, 5) is 15.5. The lowest BCUT2D eigenvalue weighted by atomic mass is 10.1.